The highest BCUT2D eigenvalue weighted by atomic mass is 32.1. The number of aromatic nitrogens is 1. The van der Waals surface area contributed by atoms with Crippen LogP contribution in [0.25, 0.3) is 6.08 Å². The molecule has 0 aliphatic carbocycles. The largest absolute Gasteiger partial charge is 0.375 e. The first-order chi connectivity index (χ1) is 10.9. The minimum atomic E-state index is 0.0204. The van der Waals surface area contributed by atoms with Crippen LogP contribution in [-0.4, -0.2) is 41.1 Å². The predicted molar refractivity (Wildman–Crippen MR) is 93.4 cm³/mol. The molecule has 23 heavy (non-hydrogen) atoms. The van der Waals surface area contributed by atoms with E-state index in [9.17, 15) is 4.79 Å². The van der Waals surface area contributed by atoms with Gasteiger partial charge in [-0.15, -0.1) is 11.3 Å². The van der Waals surface area contributed by atoms with Crippen LogP contribution in [0.4, 0.5) is 0 Å². The van der Waals surface area contributed by atoms with Gasteiger partial charge in [0.25, 0.3) is 0 Å². The average molecular weight is 334 g/mol. The van der Waals surface area contributed by atoms with Gasteiger partial charge >= 0.3 is 0 Å². The number of likely N-dealkylation sites (tertiary alicyclic amines) is 1. The molecular weight excluding hydrogens is 308 g/mol. The molecular formula is C18H26N2O2S. The standard InChI is InChI=1S/C18H26N2O2S/c1-14-19-15(12-23-14)4-5-16(21)20-10-8-18(9-11-20)7-6-17(2,3)22-13-18/h4-5,12H,6-11,13H2,1-3H3/b5-4+. The van der Waals surface area contributed by atoms with Gasteiger partial charge in [-0.3, -0.25) is 4.79 Å². The molecule has 5 heteroatoms. The number of thiazole rings is 1. The van der Waals surface area contributed by atoms with E-state index in [2.05, 4.69) is 18.8 Å². The first-order valence-electron chi connectivity index (χ1n) is 8.41. The van der Waals surface area contributed by atoms with Gasteiger partial charge in [0, 0.05) is 24.5 Å². The lowest BCUT2D eigenvalue weighted by Gasteiger charge is -2.47. The van der Waals surface area contributed by atoms with Gasteiger partial charge in [0.1, 0.15) is 0 Å². The third kappa shape index (κ3) is 4.01. The number of amides is 1. The van der Waals surface area contributed by atoms with E-state index < -0.39 is 0 Å². The van der Waals surface area contributed by atoms with Crippen molar-refractivity contribution < 1.29 is 9.53 Å². The molecule has 1 aromatic rings. The van der Waals surface area contributed by atoms with Crippen LogP contribution in [0.2, 0.25) is 0 Å². The highest BCUT2D eigenvalue weighted by Gasteiger charge is 2.41. The Morgan fingerprint density at radius 3 is 2.61 bits per heavy atom. The molecule has 1 amide bonds. The molecule has 0 atom stereocenters. The molecule has 1 spiro atoms. The molecule has 0 unspecified atom stereocenters. The van der Waals surface area contributed by atoms with Crippen LogP contribution < -0.4 is 0 Å². The Morgan fingerprint density at radius 2 is 2.04 bits per heavy atom. The van der Waals surface area contributed by atoms with Gasteiger partial charge in [0.05, 0.1) is 22.9 Å². The second-order valence-electron chi connectivity index (χ2n) is 7.50. The summed E-state index contributed by atoms with van der Waals surface area (Å²) in [5, 5.41) is 3.00. The first-order valence-corrected chi connectivity index (χ1v) is 9.29. The van der Waals surface area contributed by atoms with Crippen molar-refractivity contribution in [2.75, 3.05) is 19.7 Å². The second-order valence-corrected chi connectivity index (χ2v) is 8.56. The zero-order chi connectivity index (χ0) is 16.5. The molecule has 0 aromatic carbocycles. The normalized spacial score (nSPS) is 23.5. The van der Waals surface area contributed by atoms with Crippen molar-refractivity contribution in [3.8, 4) is 0 Å². The molecule has 4 nitrogen and oxygen atoms in total. The van der Waals surface area contributed by atoms with Crippen LogP contribution in [0, 0.1) is 12.3 Å². The number of carbonyl (C=O) groups is 1. The zero-order valence-electron chi connectivity index (χ0n) is 14.3. The van der Waals surface area contributed by atoms with Gasteiger partial charge in [-0.05, 0) is 57.9 Å². The third-order valence-electron chi connectivity index (χ3n) is 5.20. The summed E-state index contributed by atoms with van der Waals surface area (Å²) >= 11 is 1.60. The Balaban J connectivity index is 1.52. The summed E-state index contributed by atoms with van der Waals surface area (Å²) in [7, 11) is 0. The maximum Gasteiger partial charge on any atom is 0.246 e. The Kier molecular flexibility index (Phi) is 4.61. The molecule has 2 saturated heterocycles. The van der Waals surface area contributed by atoms with Crippen molar-refractivity contribution in [1.29, 1.82) is 0 Å². The van der Waals surface area contributed by atoms with Crippen LogP contribution in [0.3, 0.4) is 0 Å². The fourth-order valence-electron chi connectivity index (χ4n) is 3.37. The van der Waals surface area contributed by atoms with Crippen LogP contribution in [0.5, 0.6) is 0 Å². The number of hydrogen-bond acceptors (Lipinski definition) is 4. The Morgan fingerprint density at radius 1 is 1.30 bits per heavy atom. The Hall–Kier alpha value is -1.20. The van der Waals surface area contributed by atoms with Crippen molar-refractivity contribution in [3.05, 3.63) is 22.2 Å². The predicted octanol–water partition coefficient (Wildman–Crippen LogP) is 3.66. The summed E-state index contributed by atoms with van der Waals surface area (Å²) in [5.74, 6) is 0.0996. The lowest BCUT2D eigenvalue weighted by atomic mass is 9.72. The fraction of sp³-hybridized carbons (Fsp3) is 0.667. The highest BCUT2D eigenvalue weighted by Crippen LogP contribution is 2.43. The number of carbonyl (C=O) groups excluding carboxylic acids is 1. The summed E-state index contributed by atoms with van der Waals surface area (Å²) in [6, 6.07) is 0. The van der Waals surface area contributed by atoms with E-state index in [1.165, 1.54) is 6.42 Å². The number of piperidine rings is 1. The van der Waals surface area contributed by atoms with Gasteiger partial charge in [0.2, 0.25) is 5.91 Å². The van der Waals surface area contributed by atoms with Crippen LogP contribution in [-0.2, 0) is 9.53 Å². The van der Waals surface area contributed by atoms with E-state index in [1.54, 1.807) is 17.4 Å². The van der Waals surface area contributed by atoms with E-state index in [4.69, 9.17) is 4.74 Å². The number of rotatable bonds is 2. The molecule has 2 aliphatic heterocycles. The minimum Gasteiger partial charge on any atom is -0.375 e. The van der Waals surface area contributed by atoms with Crippen LogP contribution in [0.15, 0.2) is 11.5 Å². The number of hydrogen-bond donors (Lipinski definition) is 0. The molecule has 2 aliphatic rings. The summed E-state index contributed by atoms with van der Waals surface area (Å²) < 4.78 is 6.04. The summed E-state index contributed by atoms with van der Waals surface area (Å²) in [4.78, 5) is 18.6. The van der Waals surface area contributed by atoms with Gasteiger partial charge in [0.15, 0.2) is 0 Å². The molecule has 0 bridgehead atoms. The zero-order valence-corrected chi connectivity index (χ0v) is 15.1. The minimum absolute atomic E-state index is 0.0204. The highest BCUT2D eigenvalue weighted by molar-refractivity contribution is 7.09. The first kappa shape index (κ1) is 16.7. The molecule has 0 N–H and O–H groups in total. The number of nitrogens with zero attached hydrogens (tertiary/aromatic N) is 2. The lowest BCUT2D eigenvalue weighted by molar-refractivity contribution is -0.141. The molecule has 3 heterocycles. The molecule has 126 valence electrons. The maximum absolute atomic E-state index is 12.3. The molecule has 3 rings (SSSR count). The van der Waals surface area contributed by atoms with E-state index in [0.717, 1.165) is 49.7 Å². The summed E-state index contributed by atoms with van der Waals surface area (Å²) in [6.07, 6.45) is 7.92. The average Bonchev–Trinajstić information content (AvgIpc) is 2.95. The van der Waals surface area contributed by atoms with Crippen LogP contribution in [0.1, 0.15) is 50.2 Å². The van der Waals surface area contributed by atoms with E-state index in [1.807, 2.05) is 23.3 Å². The van der Waals surface area contributed by atoms with E-state index >= 15 is 0 Å². The molecule has 2 fully saturated rings. The van der Waals surface area contributed by atoms with E-state index in [-0.39, 0.29) is 11.5 Å². The molecule has 1 aromatic heterocycles. The maximum atomic E-state index is 12.3. The van der Waals surface area contributed by atoms with Crippen molar-refractivity contribution >= 4 is 23.3 Å². The lowest BCUT2D eigenvalue weighted by Crippen LogP contribution is -2.49. The van der Waals surface area contributed by atoms with E-state index in [0.29, 0.717) is 5.41 Å². The number of ether oxygens (including phenoxy) is 1. The van der Waals surface area contributed by atoms with Gasteiger partial charge < -0.3 is 9.64 Å². The third-order valence-corrected chi connectivity index (χ3v) is 5.99. The smallest absolute Gasteiger partial charge is 0.246 e. The van der Waals surface area contributed by atoms with Gasteiger partial charge in [-0.2, -0.15) is 0 Å². The van der Waals surface area contributed by atoms with Gasteiger partial charge in [-0.1, -0.05) is 0 Å². The monoisotopic (exact) mass is 334 g/mol. The van der Waals surface area contributed by atoms with Crippen molar-refractivity contribution in [2.45, 2.75) is 52.1 Å². The van der Waals surface area contributed by atoms with Crippen LogP contribution >= 0.6 is 11.3 Å². The van der Waals surface area contributed by atoms with Crippen molar-refractivity contribution in [2.24, 2.45) is 5.41 Å². The number of aryl methyl sites for hydroxylation is 1. The summed E-state index contributed by atoms with van der Waals surface area (Å²) in [6.45, 7) is 8.83. The van der Waals surface area contributed by atoms with Crippen molar-refractivity contribution in [1.82, 2.24) is 9.88 Å². The summed E-state index contributed by atoms with van der Waals surface area (Å²) in [5.41, 5.74) is 1.19. The fourth-order valence-corrected chi connectivity index (χ4v) is 3.95. The quantitative estimate of drug-likeness (QED) is 0.775. The topological polar surface area (TPSA) is 42.4 Å². The Labute approximate surface area is 142 Å². The SMILES string of the molecule is Cc1nc(/C=C/C(=O)N2CCC3(CC2)CCC(C)(C)OC3)cs1. The second kappa shape index (κ2) is 6.36. The van der Waals surface area contributed by atoms with Gasteiger partial charge in [-0.25, -0.2) is 4.98 Å². The molecule has 0 radical (unpaired) electrons. The Bertz CT molecular complexity index is 586. The van der Waals surface area contributed by atoms with Crippen molar-refractivity contribution in [3.63, 3.8) is 0 Å². The molecule has 0 saturated carbocycles.